The molecule has 4 nitrogen and oxygen atoms in total. The number of anilines is 1. The first-order chi connectivity index (χ1) is 8.08. The zero-order valence-corrected chi connectivity index (χ0v) is 11.2. The second-order valence-corrected chi connectivity index (χ2v) is 4.87. The van der Waals surface area contributed by atoms with Crippen LogP contribution >= 0.6 is 11.8 Å². The lowest BCUT2D eigenvalue weighted by atomic mass is 10.1. The molecule has 1 atom stereocenters. The maximum absolute atomic E-state index is 10.7. The highest BCUT2D eigenvalue weighted by atomic mass is 32.2. The van der Waals surface area contributed by atoms with E-state index in [-0.39, 0.29) is 10.6 Å². The molecular formula is C12H18N2O2S. The monoisotopic (exact) mass is 254 g/mol. The van der Waals surface area contributed by atoms with Crippen LogP contribution in [0.15, 0.2) is 18.2 Å². The van der Waals surface area contributed by atoms with Crippen LogP contribution < -0.4 is 5.32 Å². The van der Waals surface area contributed by atoms with Gasteiger partial charge in [-0.1, -0.05) is 13.0 Å². The summed E-state index contributed by atoms with van der Waals surface area (Å²) in [5.74, 6) is 0.999. The molecule has 0 fully saturated rings. The van der Waals surface area contributed by atoms with Gasteiger partial charge in [-0.3, -0.25) is 10.1 Å². The van der Waals surface area contributed by atoms with Crippen LogP contribution in [0.5, 0.6) is 0 Å². The Labute approximate surface area is 106 Å². The number of nitro groups is 1. The molecule has 1 rings (SSSR count). The van der Waals surface area contributed by atoms with E-state index in [0.717, 1.165) is 23.4 Å². The molecule has 1 N–H and O–H groups in total. The van der Waals surface area contributed by atoms with E-state index < -0.39 is 0 Å². The summed E-state index contributed by atoms with van der Waals surface area (Å²) in [6.07, 6.45) is 3.06. The van der Waals surface area contributed by atoms with E-state index in [0.29, 0.717) is 6.04 Å². The highest BCUT2D eigenvalue weighted by molar-refractivity contribution is 7.98. The average Bonchev–Trinajstić information content (AvgIpc) is 2.30. The van der Waals surface area contributed by atoms with Crippen LogP contribution in [0.2, 0.25) is 0 Å². The third-order valence-electron chi connectivity index (χ3n) is 2.65. The van der Waals surface area contributed by atoms with Crippen LogP contribution in [0.3, 0.4) is 0 Å². The summed E-state index contributed by atoms with van der Waals surface area (Å²) in [6, 6.07) is 5.28. The van der Waals surface area contributed by atoms with E-state index >= 15 is 0 Å². The first-order valence-corrected chi connectivity index (χ1v) is 6.98. The van der Waals surface area contributed by atoms with E-state index in [4.69, 9.17) is 0 Å². The molecule has 94 valence electrons. The largest absolute Gasteiger partial charge is 0.381 e. The molecule has 0 saturated carbocycles. The first-order valence-electron chi connectivity index (χ1n) is 5.59. The third kappa shape index (κ3) is 3.93. The highest BCUT2D eigenvalue weighted by Crippen LogP contribution is 2.23. The van der Waals surface area contributed by atoms with Gasteiger partial charge in [-0.2, -0.15) is 11.8 Å². The number of nitrogens with one attached hydrogen (secondary N) is 1. The third-order valence-corrected chi connectivity index (χ3v) is 3.39. The summed E-state index contributed by atoms with van der Waals surface area (Å²) in [6.45, 7) is 4.07. The lowest BCUT2D eigenvalue weighted by Gasteiger charge is -2.18. The molecule has 0 heterocycles. The predicted molar refractivity (Wildman–Crippen MR) is 73.9 cm³/mol. The minimum absolute atomic E-state index is 0.136. The van der Waals surface area contributed by atoms with Crippen molar-refractivity contribution in [3.8, 4) is 0 Å². The van der Waals surface area contributed by atoms with E-state index in [9.17, 15) is 10.1 Å². The molecule has 0 saturated heterocycles. The number of rotatable bonds is 6. The van der Waals surface area contributed by atoms with Crippen LogP contribution in [0.25, 0.3) is 0 Å². The number of nitro benzene ring substituents is 1. The Morgan fingerprint density at radius 3 is 2.76 bits per heavy atom. The van der Waals surface area contributed by atoms with Gasteiger partial charge in [0.05, 0.1) is 4.92 Å². The van der Waals surface area contributed by atoms with Gasteiger partial charge in [0.25, 0.3) is 5.69 Å². The molecular weight excluding hydrogens is 236 g/mol. The van der Waals surface area contributed by atoms with Gasteiger partial charge in [-0.25, -0.2) is 0 Å². The summed E-state index contributed by atoms with van der Waals surface area (Å²) in [7, 11) is 0. The van der Waals surface area contributed by atoms with Crippen LogP contribution in [-0.2, 0) is 0 Å². The lowest BCUT2D eigenvalue weighted by molar-refractivity contribution is -0.384. The molecule has 0 amide bonds. The van der Waals surface area contributed by atoms with Crippen molar-refractivity contribution < 1.29 is 4.92 Å². The summed E-state index contributed by atoms with van der Waals surface area (Å²) < 4.78 is 0. The Balaban J connectivity index is 2.88. The van der Waals surface area contributed by atoms with Crippen LogP contribution in [-0.4, -0.2) is 23.0 Å². The van der Waals surface area contributed by atoms with Gasteiger partial charge in [0.1, 0.15) is 0 Å². The van der Waals surface area contributed by atoms with Crippen molar-refractivity contribution in [2.45, 2.75) is 26.3 Å². The number of nitrogens with zero attached hydrogens (tertiary/aromatic N) is 1. The van der Waals surface area contributed by atoms with E-state index in [1.54, 1.807) is 23.9 Å². The molecule has 17 heavy (non-hydrogen) atoms. The quantitative estimate of drug-likeness (QED) is 0.624. The minimum Gasteiger partial charge on any atom is -0.381 e. The Kier molecular flexibility index (Phi) is 5.28. The minimum atomic E-state index is -0.361. The number of aryl methyl sites for hydroxylation is 1. The smallest absolute Gasteiger partial charge is 0.271 e. The standard InChI is InChI=1S/C12H18N2O2S/c1-4-10(8-17-3)13-12-7-11(14(15)16)6-5-9(12)2/h5-7,10,13H,4,8H2,1-3H3. The molecule has 5 heteroatoms. The van der Waals surface area contributed by atoms with Crippen molar-refractivity contribution >= 4 is 23.1 Å². The zero-order chi connectivity index (χ0) is 12.8. The van der Waals surface area contributed by atoms with Gasteiger partial charge in [-0.15, -0.1) is 0 Å². The topological polar surface area (TPSA) is 55.2 Å². The summed E-state index contributed by atoms with van der Waals surface area (Å²) in [5.41, 5.74) is 2.03. The summed E-state index contributed by atoms with van der Waals surface area (Å²) >= 11 is 1.77. The Morgan fingerprint density at radius 1 is 1.53 bits per heavy atom. The zero-order valence-electron chi connectivity index (χ0n) is 10.4. The molecule has 0 spiro atoms. The molecule has 0 bridgehead atoms. The fourth-order valence-corrected chi connectivity index (χ4v) is 2.28. The van der Waals surface area contributed by atoms with Crippen molar-refractivity contribution in [1.29, 1.82) is 0 Å². The molecule has 0 aliphatic carbocycles. The summed E-state index contributed by atoms with van der Waals surface area (Å²) in [5, 5.41) is 14.1. The number of benzene rings is 1. The van der Waals surface area contributed by atoms with Crippen molar-refractivity contribution in [2.24, 2.45) is 0 Å². The fraction of sp³-hybridized carbons (Fsp3) is 0.500. The predicted octanol–water partition coefficient (Wildman–Crippen LogP) is 3.46. The Bertz CT molecular complexity index is 396. The average molecular weight is 254 g/mol. The second-order valence-electron chi connectivity index (χ2n) is 3.96. The maximum atomic E-state index is 10.7. The molecule has 0 aliphatic rings. The molecule has 1 unspecified atom stereocenters. The molecule has 0 radical (unpaired) electrons. The van der Waals surface area contributed by atoms with Crippen LogP contribution in [0, 0.1) is 17.0 Å². The Morgan fingerprint density at radius 2 is 2.24 bits per heavy atom. The van der Waals surface area contributed by atoms with Gasteiger partial charge in [0, 0.05) is 29.6 Å². The van der Waals surface area contributed by atoms with Gasteiger partial charge >= 0.3 is 0 Å². The molecule has 0 aliphatic heterocycles. The molecule has 1 aromatic carbocycles. The number of thioether (sulfide) groups is 1. The van der Waals surface area contributed by atoms with Crippen molar-refractivity contribution in [1.82, 2.24) is 0 Å². The van der Waals surface area contributed by atoms with Gasteiger partial charge in [0.2, 0.25) is 0 Å². The SMILES string of the molecule is CCC(CSC)Nc1cc([N+](=O)[O-])ccc1C. The normalized spacial score (nSPS) is 12.2. The van der Waals surface area contributed by atoms with Crippen LogP contribution in [0.1, 0.15) is 18.9 Å². The van der Waals surface area contributed by atoms with Gasteiger partial charge in [-0.05, 0) is 25.2 Å². The Hall–Kier alpha value is -1.23. The van der Waals surface area contributed by atoms with E-state index in [2.05, 4.69) is 18.5 Å². The van der Waals surface area contributed by atoms with Crippen molar-refractivity contribution in [2.75, 3.05) is 17.3 Å². The van der Waals surface area contributed by atoms with Gasteiger partial charge < -0.3 is 5.32 Å². The second kappa shape index (κ2) is 6.49. The van der Waals surface area contributed by atoms with Crippen molar-refractivity contribution in [3.05, 3.63) is 33.9 Å². The number of non-ortho nitro benzene ring substituents is 1. The molecule has 0 aromatic heterocycles. The van der Waals surface area contributed by atoms with E-state index in [1.807, 2.05) is 6.92 Å². The van der Waals surface area contributed by atoms with Crippen LogP contribution in [0.4, 0.5) is 11.4 Å². The van der Waals surface area contributed by atoms with E-state index in [1.165, 1.54) is 6.07 Å². The lowest BCUT2D eigenvalue weighted by Crippen LogP contribution is -2.21. The maximum Gasteiger partial charge on any atom is 0.271 e. The molecule has 1 aromatic rings. The van der Waals surface area contributed by atoms with Crippen molar-refractivity contribution in [3.63, 3.8) is 0 Å². The highest BCUT2D eigenvalue weighted by Gasteiger charge is 2.11. The fourth-order valence-electron chi connectivity index (χ4n) is 1.56. The number of hydrogen-bond donors (Lipinski definition) is 1. The first kappa shape index (κ1) is 13.8. The summed E-state index contributed by atoms with van der Waals surface area (Å²) in [4.78, 5) is 10.4. The number of hydrogen-bond acceptors (Lipinski definition) is 4. The van der Waals surface area contributed by atoms with Gasteiger partial charge in [0.15, 0.2) is 0 Å².